The van der Waals surface area contributed by atoms with Gasteiger partial charge in [-0.1, -0.05) is 48.9 Å². The Kier molecular flexibility index (Phi) is 3.52. The zero-order chi connectivity index (χ0) is 14.2. The molecule has 2 aromatic carbocycles. The molecule has 0 aromatic heterocycles. The molecule has 2 unspecified atom stereocenters. The molecular formula is C19H20OS. The normalized spacial score (nSPS) is 22.6. The van der Waals surface area contributed by atoms with Gasteiger partial charge >= 0.3 is 0 Å². The van der Waals surface area contributed by atoms with E-state index >= 15 is 0 Å². The summed E-state index contributed by atoms with van der Waals surface area (Å²) >= 11 is 1.86. The van der Waals surface area contributed by atoms with Gasteiger partial charge in [0.15, 0.2) is 0 Å². The molecule has 0 spiro atoms. The summed E-state index contributed by atoms with van der Waals surface area (Å²) in [5.41, 5.74) is 3.80. The van der Waals surface area contributed by atoms with Gasteiger partial charge in [0.2, 0.25) is 0 Å². The van der Waals surface area contributed by atoms with Gasteiger partial charge in [-0.3, -0.25) is 0 Å². The Morgan fingerprint density at radius 2 is 1.76 bits per heavy atom. The van der Waals surface area contributed by atoms with Crippen molar-refractivity contribution in [2.24, 2.45) is 0 Å². The van der Waals surface area contributed by atoms with Crippen LogP contribution in [-0.4, -0.2) is 10.9 Å². The third-order valence-electron chi connectivity index (χ3n) is 4.97. The van der Waals surface area contributed by atoms with Crippen molar-refractivity contribution in [3.8, 4) is 0 Å². The summed E-state index contributed by atoms with van der Waals surface area (Å²) in [6, 6.07) is 17.2. The van der Waals surface area contributed by atoms with Crippen LogP contribution in [0.2, 0.25) is 0 Å². The molecule has 4 rings (SSSR count). The largest absolute Gasteiger partial charge is 0.388 e. The molecule has 0 amide bonds. The minimum atomic E-state index is -0.392. The van der Waals surface area contributed by atoms with E-state index in [2.05, 4.69) is 48.5 Å². The number of rotatable bonds is 3. The SMILES string of the molecule is OC(c1ccc(C2CCC2)cc1)C1CSc2ccccc21. The first-order chi connectivity index (χ1) is 10.3. The van der Waals surface area contributed by atoms with Crippen molar-refractivity contribution in [1.82, 2.24) is 0 Å². The zero-order valence-electron chi connectivity index (χ0n) is 12.0. The van der Waals surface area contributed by atoms with Crippen LogP contribution in [-0.2, 0) is 0 Å². The van der Waals surface area contributed by atoms with Gasteiger partial charge in [0, 0.05) is 16.6 Å². The second kappa shape index (κ2) is 5.51. The Labute approximate surface area is 130 Å². The maximum Gasteiger partial charge on any atom is 0.0867 e. The van der Waals surface area contributed by atoms with E-state index < -0.39 is 6.10 Å². The number of thioether (sulfide) groups is 1. The van der Waals surface area contributed by atoms with Crippen LogP contribution in [0.15, 0.2) is 53.4 Å². The van der Waals surface area contributed by atoms with E-state index in [-0.39, 0.29) is 5.92 Å². The van der Waals surface area contributed by atoms with Crippen LogP contribution in [0.25, 0.3) is 0 Å². The van der Waals surface area contributed by atoms with Gasteiger partial charge in [-0.25, -0.2) is 0 Å². The molecule has 2 aliphatic rings. The molecule has 1 saturated carbocycles. The third-order valence-corrected chi connectivity index (χ3v) is 6.18. The summed E-state index contributed by atoms with van der Waals surface area (Å²) in [4.78, 5) is 1.33. The van der Waals surface area contributed by atoms with Crippen LogP contribution in [0, 0.1) is 0 Å². The van der Waals surface area contributed by atoms with E-state index in [0.29, 0.717) is 0 Å². The number of fused-ring (bicyclic) bond motifs is 1. The van der Waals surface area contributed by atoms with Crippen LogP contribution in [0.1, 0.15) is 53.9 Å². The molecule has 2 heteroatoms. The van der Waals surface area contributed by atoms with Gasteiger partial charge in [0.1, 0.15) is 0 Å². The first-order valence-electron chi connectivity index (χ1n) is 7.82. The van der Waals surface area contributed by atoms with Crippen molar-refractivity contribution in [3.63, 3.8) is 0 Å². The Hall–Kier alpha value is -1.25. The van der Waals surface area contributed by atoms with E-state index in [0.717, 1.165) is 17.2 Å². The first kappa shape index (κ1) is 13.4. The topological polar surface area (TPSA) is 20.2 Å². The summed E-state index contributed by atoms with van der Waals surface area (Å²) in [6.45, 7) is 0. The van der Waals surface area contributed by atoms with Gasteiger partial charge in [-0.15, -0.1) is 11.8 Å². The van der Waals surface area contributed by atoms with Gasteiger partial charge in [0.25, 0.3) is 0 Å². The average molecular weight is 296 g/mol. The molecule has 2 atom stereocenters. The molecule has 0 bridgehead atoms. The number of hydrogen-bond donors (Lipinski definition) is 1. The van der Waals surface area contributed by atoms with E-state index in [1.165, 1.54) is 35.3 Å². The lowest BCUT2D eigenvalue weighted by molar-refractivity contribution is 0.154. The number of hydrogen-bond acceptors (Lipinski definition) is 2. The standard InChI is InChI=1S/C19H20OS/c20-19(17-12-21-18-7-2-1-6-16(17)18)15-10-8-14(9-11-15)13-4-3-5-13/h1-2,6-11,13,17,19-20H,3-5,12H2. The van der Waals surface area contributed by atoms with Gasteiger partial charge in [0.05, 0.1) is 6.10 Å². The van der Waals surface area contributed by atoms with Crippen LogP contribution in [0.3, 0.4) is 0 Å². The number of benzene rings is 2. The highest BCUT2D eigenvalue weighted by Gasteiger charge is 2.30. The molecule has 1 nitrogen and oxygen atoms in total. The number of aliphatic hydroxyl groups excluding tert-OH is 1. The Morgan fingerprint density at radius 3 is 2.48 bits per heavy atom. The summed E-state index contributed by atoms with van der Waals surface area (Å²) < 4.78 is 0. The summed E-state index contributed by atoms with van der Waals surface area (Å²) in [5.74, 6) is 1.96. The lowest BCUT2D eigenvalue weighted by atomic mass is 9.79. The molecular weight excluding hydrogens is 276 g/mol. The molecule has 1 heterocycles. The van der Waals surface area contributed by atoms with Crippen molar-refractivity contribution in [2.45, 2.75) is 42.1 Å². The Balaban J connectivity index is 1.56. The highest BCUT2D eigenvalue weighted by atomic mass is 32.2. The predicted molar refractivity (Wildman–Crippen MR) is 87.9 cm³/mol. The molecule has 1 aliphatic heterocycles. The molecule has 21 heavy (non-hydrogen) atoms. The second-order valence-electron chi connectivity index (χ2n) is 6.19. The van der Waals surface area contributed by atoms with Gasteiger partial charge in [-0.2, -0.15) is 0 Å². The van der Waals surface area contributed by atoms with Crippen LogP contribution >= 0.6 is 11.8 Å². The Morgan fingerprint density at radius 1 is 1.00 bits per heavy atom. The van der Waals surface area contributed by atoms with E-state index in [4.69, 9.17) is 0 Å². The maximum absolute atomic E-state index is 10.8. The zero-order valence-corrected chi connectivity index (χ0v) is 12.9. The molecule has 108 valence electrons. The van der Waals surface area contributed by atoms with Crippen molar-refractivity contribution in [1.29, 1.82) is 0 Å². The van der Waals surface area contributed by atoms with Gasteiger partial charge < -0.3 is 5.11 Å². The highest BCUT2D eigenvalue weighted by Crippen LogP contribution is 2.45. The molecule has 1 fully saturated rings. The molecule has 2 aromatic rings. The third kappa shape index (κ3) is 2.41. The molecule has 0 radical (unpaired) electrons. The minimum absolute atomic E-state index is 0.223. The molecule has 0 saturated heterocycles. The fourth-order valence-corrected chi connectivity index (χ4v) is 4.67. The summed E-state index contributed by atoms with van der Waals surface area (Å²) in [7, 11) is 0. The van der Waals surface area contributed by atoms with E-state index in [1.54, 1.807) is 0 Å². The summed E-state index contributed by atoms with van der Waals surface area (Å²) in [5, 5.41) is 10.8. The van der Waals surface area contributed by atoms with Crippen LogP contribution in [0.4, 0.5) is 0 Å². The fourth-order valence-electron chi connectivity index (χ4n) is 3.39. The van der Waals surface area contributed by atoms with E-state index in [1.807, 2.05) is 11.8 Å². The Bertz CT molecular complexity index is 630. The maximum atomic E-state index is 10.8. The second-order valence-corrected chi connectivity index (χ2v) is 7.26. The van der Waals surface area contributed by atoms with Crippen molar-refractivity contribution in [2.75, 3.05) is 5.75 Å². The van der Waals surface area contributed by atoms with Gasteiger partial charge in [-0.05, 0) is 41.5 Å². The predicted octanol–water partition coefficient (Wildman–Crippen LogP) is 4.88. The number of aliphatic hydroxyl groups is 1. The lowest BCUT2D eigenvalue weighted by Crippen LogP contribution is -2.12. The molecule has 1 N–H and O–H groups in total. The minimum Gasteiger partial charge on any atom is -0.388 e. The van der Waals surface area contributed by atoms with E-state index in [9.17, 15) is 5.11 Å². The fraction of sp³-hybridized carbons (Fsp3) is 0.368. The van der Waals surface area contributed by atoms with Crippen molar-refractivity contribution >= 4 is 11.8 Å². The summed E-state index contributed by atoms with van der Waals surface area (Å²) in [6.07, 6.45) is 3.63. The average Bonchev–Trinajstić information content (AvgIpc) is 2.89. The van der Waals surface area contributed by atoms with Crippen molar-refractivity contribution in [3.05, 3.63) is 65.2 Å². The highest BCUT2D eigenvalue weighted by molar-refractivity contribution is 7.99. The van der Waals surface area contributed by atoms with Crippen LogP contribution in [0.5, 0.6) is 0 Å². The first-order valence-corrected chi connectivity index (χ1v) is 8.81. The smallest absolute Gasteiger partial charge is 0.0867 e. The monoisotopic (exact) mass is 296 g/mol. The molecule has 1 aliphatic carbocycles. The quantitative estimate of drug-likeness (QED) is 0.871. The van der Waals surface area contributed by atoms with Crippen LogP contribution < -0.4 is 0 Å². The van der Waals surface area contributed by atoms with Crippen molar-refractivity contribution < 1.29 is 5.11 Å². The lowest BCUT2D eigenvalue weighted by Gasteiger charge is -2.26.